The van der Waals surface area contributed by atoms with Crippen molar-refractivity contribution in [3.05, 3.63) is 84.7 Å². The van der Waals surface area contributed by atoms with Gasteiger partial charge in [0.2, 0.25) is 11.8 Å². The number of carbonyl (C=O) groups is 3. The highest BCUT2D eigenvalue weighted by Crippen LogP contribution is 2.29. The molecule has 0 aliphatic rings. The Labute approximate surface area is 214 Å². The van der Waals surface area contributed by atoms with E-state index in [1.165, 1.54) is 0 Å². The predicted molar refractivity (Wildman–Crippen MR) is 142 cm³/mol. The summed E-state index contributed by atoms with van der Waals surface area (Å²) >= 11 is 0. The van der Waals surface area contributed by atoms with Crippen molar-refractivity contribution in [3.8, 4) is 11.1 Å². The Hall–Kier alpha value is -4.66. The molecule has 4 rings (SSSR count). The number of amides is 2. The Morgan fingerprint density at radius 3 is 2.54 bits per heavy atom. The third-order valence-corrected chi connectivity index (χ3v) is 5.92. The molecule has 0 spiro atoms. The highest BCUT2D eigenvalue weighted by atomic mass is 16.4. The Morgan fingerprint density at radius 1 is 0.946 bits per heavy atom. The van der Waals surface area contributed by atoms with E-state index in [1.807, 2.05) is 72.9 Å². The molecular formula is C28H29N5O4. The molecule has 0 saturated carbocycles. The molecule has 37 heavy (non-hydrogen) atoms. The molecule has 190 valence electrons. The van der Waals surface area contributed by atoms with Crippen molar-refractivity contribution >= 4 is 34.5 Å². The van der Waals surface area contributed by atoms with Gasteiger partial charge in [-0.15, -0.1) is 0 Å². The van der Waals surface area contributed by atoms with Crippen molar-refractivity contribution in [2.45, 2.75) is 25.3 Å². The quantitative estimate of drug-likeness (QED) is 0.188. The lowest BCUT2D eigenvalue weighted by Crippen LogP contribution is -2.39. The van der Waals surface area contributed by atoms with E-state index in [0.29, 0.717) is 18.5 Å². The van der Waals surface area contributed by atoms with E-state index in [2.05, 4.69) is 25.9 Å². The Balaban J connectivity index is 1.29. The lowest BCUT2D eigenvalue weighted by molar-refractivity contribution is -0.138. The number of para-hydroxylation sites is 1. The summed E-state index contributed by atoms with van der Waals surface area (Å²) in [4.78, 5) is 43.4. The molecule has 9 heteroatoms. The van der Waals surface area contributed by atoms with Crippen molar-refractivity contribution < 1.29 is 19.5 Å². The van der Waals surface area contributed by atoms with E-state index >= 15 is 0 Å². The molecule has 2 aromatic heterocycles. The van der Waals surface area contributed by atoms with Crippen LogP contribution in [0.15, 0.2) is 79.1 Å². The first-order valence-electron chi connectivity index (χ1n) is 12.1. The monoisotopic (exact) mass is 499 g/mol. The number of rotatable bonds is 12. The summed E-state index contributed by atoms with van der Waals surface area (Å²) in [5, 5.41) is 18.9. The maximum Gasteiger partial charge on any atom is 0.305 e. The van der Waals surface area contributed by atoms with Gasteiger partial charge in [-0.1, -0.05) is 48.5 Å². The van der Waals surface area contributed by atoms with Crippen LogP contribution in [0, 0.1) is 0 Å². The van der Waals surface area contributed by atoms with Crippen LogP contribution < -0.4 is 16.0 Å². The number of H-pyrrole nitrogens is 1. The van der Waals surface area contributed by atoms with Gasteiger partial charge in [0.25, 0.3) is 0 Å². The predicted octanol–water partition coefficient (Wildman–Crippen LogP) is 3.87. The molecule has 1 unspecified atom stereocenters. The van der Waals surface area contributed by atoms with Gasteiger partial charge in [0.05, 0.1) is 24.5 Å². The standard InChI is InChI=1S/C28H29N5O4/c34-25(8-4-15-30-24-7-1-2-14-29-24)32-18-26(35)33-23(17-27(36)37)20-11-9-19(10-12-20)22-6-3-5-21-13-16-31-28(21)22/h1-3,5-7,9-14,16,23,31H,4,8,15,17-18H2,(H,29,30)(H,32,34)(H,33,35)(H,36,37). The summed E-state index contributed by atoms with van der Waals surface area (Å²) < 4.78 is 0. The van der Waals surface area contributed by atoms with Crippen LogP contribution in [0.5, 0.6) is 0 Å². The normalized spacial score (nSPS) is 11.6. The van der Waals surface area contributed by atoms with Gasteiger partial charge in [-0.2, -0.15) is 0 Å². The number of hydrogen-bond donors (Lipinski definition) is 5. The molecule has 2 heterocycles. The first-order chi connectivity index (χ1) is 18.0. The highest BCUT2D eigenvalue weighted by Gasteiger charge is 2.19. The zero-order chi connectivity index (χ0) is 26.0. The van der Waals surface area contributed by atoms with Crippen LogP contribution in [0.4, 0.5) is 5.82 Å². The number of pyridine rings is 1. The number of aromatic nitrogens is 2. The minimum atomic E-state index is -1.03. The van der Waals surface area contributed by atoms with Crippen LogP contribution in [-0.4, -0.2) is 45.9 Å². The van der Waals surface area contributed by atoms with Crippen LogP contribution in [-0.2, 0) is 14.4 Å². The largest absolute Gasteiger partial charge is 0.481 e. The van der Waals surface area contributed by atoms with Crippen LogP contribution in [0.3, 0.4) is 0 Å². The lowest BCUT2D eigenvalue weighted by atomic mass is 9.98. The van der Waals surface area contributed by atoms with Gasteiger partial charge in [0.1, 0.15) is 5.82 Å². The van der Waals surface area contributed by atoms with E-state index in [0.717, 1.165) is 27.8 Å². The number of carbonyl (C=O) groups excluding carboxylic acids is 2. The van der Waals surface area contributed by atoms with Crippen LogP contribution >= 0.6 is 0 Å². The number of aliphatic carboxylic acids is 1. The minimum absolute atomic E-state index is 0.227. The zero-order valence-electron chi connectivity index (χ0n) is 20.2. The fourth-order valence-corrected chi connectivity index (χ4v) is 4.09. The van der Waals surface area contributed by atoms with Crippen molar-refractivity contribution in [3.63, 3.8) is 0 Å². The van der Waals surface area contributed by atoms with Crippen molar-refractivity contribution in [1.82, 2.24) is 20.6 Å². The number of carboxylic acids is 1. The summed E-state index contributed by atoms with van der Waals surface area (Å²) in [6.45, 7) is 0.348. The van der Waals surface area contributed by atoms with E-state index < -0.39 is 17.9 Å². The molecule has 2 amide bonds. The second kappa shape index (κ2) is 12.3. The van der Waals surface area contributed by atoms with Crippen LogP contribution in [0.25, 0.3) is 22.0 Å². The molecule has 2 aromatic carbocycles. The van der Waals surface area contributed by atoms with Crippen LogP contribution in [0.2, 0.25) is 0 Å². The highest BCUT2D eigenvalue weighted by molar-refractivity contribution is 5.94. The molecule has 0 bridgehead atoms. The van der Waals surface area contributed by atoms with E-state index in [4.69, 9.17) is 0 Å². The molecular weight excluding hydrogens is 470 g/mol. The molecule has 0 fully saturated rings. The SMILES string of the molecule is O=C(O)CC(NC(=O)CNC(=O)CCCNc1ccccn1)c1ccc(-c2cccc3cc[nH]c23)cc1. The average molecular weight is 500 g/mol. The molecule has 4 aromatic rings. The summed E-state index contributed by atoms with van der Waals surface area (Å²) in [6.07, 6.45) is 4.13. The van der Waals surface area contributed by atoms with E-state index in [9.17, 15) is 19.5 Å². The average Bonchev–Trinajstić information content (AvgIpc) is 3.39. The van der Waals surface area contributed by atoms with Gasteiger partial charge in [0, 0.05) is 30.9 Å². The van der Waals surface area contributed by atoms with Crippen molar-refractivity contribution in [1.29, 1.82) is 0 Å². The third kappa shape index (κ3) is 7.17. The van der Waals surface area contributed by atoms with Gasteiger partial charge in [0.15, 0.2) is 0 Å². The second-order valence-electron chi connectivity index (χ2n) is 8.61. The summed E-state index contributed by atoms with van der Waals surface area (Å²) in [5.74, 6) is -1.00. The molecule has 9 nitrogen and oxygen atoms in total. The first-order valence-corrected chi connectivity index (χ1v) is 12.1. The number of carboxylic acid groups (broad SMARTS) is 1. The van der Waals surface area contributed by atoms with E-state index in [1.54, 1.807) is 6.20 Å². The Morgan fingerprint density at radius 2 is 1.78 bits per heavy atom. The molecule has 0 aliphatic carbocycles. The summed E-state index contributed by atoms with van der Waals surface area (Å²) in [6, 6.07) is 20.3. The Kier molecular flexibility index (Phi) is 8.49. The topological polar surface area (TPSA) is 136 Å². The number of aromatic amines is 1. The van der Waals surface area contributed by atoms with Crippen LogP contribution in [0.1, 0.15) is 30.9 Å². The summed E-state index contributed by atoms with van der Waals surface area (Å²) in [5.41, 5.74) is 3.70. The zero-order valence-corrected chi connectivity index (χ0v) is 20.2. The molecule has 0 aliphatic heterocycles. The summed E-state index contributed by atoms with van der Waals surface area (Å²) in [7, 11) is 0. The van der Waals surface area contributed by atoms with Gasteiger partial charge in [-0.25, -0.2) is 4.98 Å². The fourth-order valence-electron chi connectivity index (χ4n) is 4.09. The fraction of sp³-hybridized carbons (Fsp3) is 0.214. The number of nitrogens with one attached hydrogen (secondary N) is 4. The number of fused-ring (bicyclic) bond motifs is 1. The number of hydrogen-bond acceptors (Lipinski definition) is 5. The molecule has 0 saturated heterocycles. The first kappa shape index (κ1) is 25.4. The smallest absolute Gasteiger partial charge is 0.305 e. The number of nitrogens with zero attached hydrogens (tertiary/aromatic N) is 1. The minimum Gasteiger partial charge on any atom is -0.481 e. The lowest BCUT2D eigenvalue weighted by Gasteiger charge is -2.18. The van der Waals surface area contributed by atoms with Crippen molar-refractivity contribution in [2.75, 3.05) is 18.4 Å². The molecule has 0 radical (unpaired) electrons. The van der Waals surface area contributed by atoms with E-state index in [-0.39, 0.29) is 25.3 Å². The van der Waals surface area contributed by atoms with Gasteiger partial charge in [-0.3, -0.25) is 14.4 Å². The van der Waals surface area contributed by atoms with Crippen molar-refractivity contribution in [2.24, 2.45) is 0 Å². The molecule has 1 atom stereocenters. The second-order valence-corrected chi connectivity index (χ2v) is 8.61. The number of anilines is 1. The number of benzene rings is 2. The maximum atomic E-state index is 12.5. The molecule has 5 N–H and O–H groups in total. The third-order valence-electron chi connectivity index (χ3n) is 5.92. The van der Waals surface area contributed by atoms with Gasteiger partial charge >= 0.3 is 5.97 Å². The maximum absolute atomic E-state index is 12.5. The van der Waals surface area contributed by atoms with Gasteiger partial charge in [-0.05, 0) is 41.1 Å². The van der Waals surface area contributed by atoms with Gasteiger partial charge < -0.3 is 26.0 Å². The Bertz CT molecular complexity index is 1350.